The molecule has 350 valence electrons. The van der Waals surface area contributed by atoms with Gasteiger partial charge in [-0.3, -0.25) is 33.6 Å². The van der Waals surface area contributed by atoms with E-state index in [1.807, 2.05) is 84.9 Å². The number of hydrogen-bond acceptors (Lipinski definition) is 8. The van der Waals surface area contributed by atoms with E-state index in [0.29, 0.717) is 0 Å². The van der Waals surface area contributed by atoms with E-state index in [1.54, 1.807) is 6.20 Å². The Labute approximate surface area is 384 Å². The number of fused-ring (bicyclic) bond motifs is 2. The molecule has 3 fully saturated rings. The second-order valence-electron chi connectivity index (χ2n) is 17.9. The number of nitrogens with one attached hydrogen (secondary N) is 7. The number of benzene rings is 3. The van der Waals surface area contributed by atoms with Crippen molar-refractivity contribution in [3.05, 3.63) is 108 Å². The van der Waals surface area contributed by atoms with Crippen molar-refractivity contribution in [2.75, 3.05) is 13.1 Å². The minimum atomic E-state index is -1.39. The average molecular weight is 903 g/mol. The third kappa shape index (κ3) is 12.4. The van der Waals surface area contributed by atoms with Crippen molar-refractivity contribution in [1.82, 2.24) is 41.8 Å². The predicted molar refractivity (Wildman–Crippen MR) is 247 cm³/mol. The van der Waals surface area contributed by atoms with Crippen LogP contribution in [0, 0.1) is 5.92 Å². The summed E-state index contributed by atoms with van der Waals surface area (Å²) in [6.45, 7) is 1.33. The van der Waals surface area contributed by atoms with Crippen molar-refractivity contribution >= 4 is 52.3 Å². The van der Waals surface area contributed by atoms with E-state index in [-0.39, 0.29) is 64.0 Å². The number of nitrogens with zero attached hydrogens (tertiary/aromatic N) is 1. The van der Waals surface area contributed by atoms with Gasteiger partial charge in [0.25, 0.3) is 0 Å². The van der Waals surface area contributed by atoms with Crippen LogP contribution in [0.15, 0.2) is 91.1 Å². The van der Waals surface area contributed by atoms with Crippen LogP contribution >= 0.6 is 0 Å². The molecule has 7 atom stereocenters. The lowest BCUT2D eigenvalue weighted by molar-refractivity contribution is -0.144. The number of amides is 7. The normalized spacial score (nSPS) is 24.5. The van der Waals surface area contributed by atoms with Crippen molar-refractivity contribution in [3.8, 4) is 0 Å². The van der Waals surface area contributed by atoms with Crippen LogP contribution < -0.4 is 31.9 Å². The minimum Gasteiger partial charge on any atom is -0.390 e. The summed E-state index contributed by atoms with van der Waals surface area (Å²) < 4.78 is 0. The molecular weight excluding hydrogens is 841 g/mol. The Balaban J connectivity index is 1.21. The predicted octanol–water partition coefficient (Wildman–Crippen LogP) is 2.48. The second kappa shape index (κ2) is 22.6. The Hall–Kier alpha value is -6.55. The third-order valence-electron chi connectivity index (χ3n) is 13.1. The van der Waals surface area contributed by atoms with E-state index < -0.39 is 83.7 Å². The zero-order valence-electron chi connectivity index (χ0n) is 37.4. The number of para-hydroxylation sites is 1. The highest BCUT2D eigenvalue weighted by molar-refractivity contribution is 5.98. The number of aliphatic hydroxyl groups excluding tert-OH is 1. The molecule has 16 heteroatoms. The van der Waals surface area contributed by atoms with Gasteiger partial charge in [0, 0.05) is 56.4 Å². The molecule has 3 heterocycles. The Kier molecular flexibility index (Phi) is 16.2. The van der Waals surface area contributed by atoms with Crippen molar-refractivity contribution in [2.24, 2.45) is 5.92 Å². The summed E-state index contributed by atoms with van der Waals surface area (Å²) in [4.78, 5) is 103. The summed E-state index contributed by atoms with van der Waals surface area (Å²) in [5, 5.41) is 29.4. The summed E-state index contributed by atoms with van der Waals surface area (Å²) in [5.41, 5.74) is 3.17. The van der Waals surface area contributed by atoms with E-state index in [2.05, 4.69) is 36.9 Å². The maximum absolute atomic E-state index is 14.7. The molecule has 1 saturated carbocycles. The van der Waals surface area contributed by atoms with Gasteiger partial charge in [-0.2, -0.15) is 0 Å². The molecule has 0 spiro atoms. The number of carbonyl (C=O) groups excluding carboxylic acids is 7. The maximum atomic E-state index is 14.7. The summed E-state index contributed by atoms with van der Waals surface area (Å²) in [7, 11) is 0. The monoisotopic (exact) mass is 902 g/mol. The molecule has 7 rings (SSSR count). The van der Waals surface area contributed by atoms with Crippen LogP contribution in [0.3, 0.4) is 0 Å². The average Bonchev–Trinajstić information content (AvgIpc) is 3.92. The molecule has 1 aliphatic carbocycles. The lowest BCUT2D eigenvalue weighted by Gasteiger charge is -2.33. The van der Waals surface area contributed by atoms with Crippen LogP contribution in [-0.4, -0.2) is 112 Å². The van der Waals surface area contributed by atoms with E-state index in [1.165, 1.54) is 11.8 Å². The van der Waals surface area contributed by atoms with Crippen molar-refractivity contribution in [1.29, 1.82) is 0 Å². The second-order valence-corrected chi connectivity index (χ2v) is 17.9. The van der Waals surface area contributed by atoms with Gasteiger partial charge in [-0.25, -0.2) is 0 Å². The fourth-order valence-electron chi connectivity index (χ4n) is 9.59. The van der Waals surface area contributed by atoms with Crippen LogP contribution in [0.1, 0.15) is 81.4 Å². The van der Waals surface area contributed by atoms with Crippen LogP contribution in [0.5, 0.6) is 0 Å². The zero-order valence-corrected chi connectivity index (χ0v) is 37.4. The molecule has 7 amide bonds. The number of rotatable bonds is 11. The minimum absolute atomic E-state index is 0.00610. The van der Waals surface area contributed by atoms with Gasteiger partial charge in [0.05, 0.1) is 6.10 Å². The number of aromatic amines is 1. The number of aromatic nitrogens is 1. The summed E-state index contributed by atoms with van der Waals surface area (Å²) >= 11 is 0. The molecular formula is C50H62N8O8. The highest BCUT2D eigenvalue weighted by atomic mass is 16.3. The maximum Gasteiger partial charge on any atom is 0.246 e. The molecule has 66 heavy (non-hydrogen) atoms. The van der Waals surface area contributed by atoms with Crippen LogP contribution in [-0.2, 0) is 52.8 Å². The van der Waals surface area contributed by atoms with Gasteiger partial charge in [0.15, 0.2) is 0 Å². The standard InChI is InChI=1S/C50H62N8O8/c1-31(59)53-40(27-33-16-7-3-8-17-33)46(62)54-38-22-13-24-51-45(61)39(26-32-14-5-2-6-15-32)55-48(64)42(29-35-30-52-37-21-12-11-20-36(35)37)56-47(63)41(28-34-18-9-4-10-19-34)57-49(65)44-43(60)23-25-58(44)50(38)66/h2-3,5-8,11-12,14-17,20-21,30,34,38-44,52,60H,4,9-10,13,18-19,22-29H2,1H3,(H,51,61)(H,53,59)(H,54,62)(H,55,64)(H,56,63)(H,57,65)/t38-,39-,40-,41+,42-,43-,44-/m0/s1. The van der Waals surface area contributed by atoms with Crippen molar-refractivity contribution in [3.63, 3.8) is 0 Å². The first-order valence-electron chi connectivity index (χ1n) is 23.3. The highest BCUT2D eigenvalue weighted by Gasteiger charge is 2.45. The van der Waals surface area contributed by atoms with Gasteiger partial charge < -0.3 is 46.9 Å². The van der Waals surface area contributed by atoms with Gasteiger partial charge in [0.2, 0.25) is 41.4 Å². The summed E-state index contributed by atoms with van der Waals surface area (Å²) in [6.07, 6.45) is 6.06. The van der Waals surface area contributed by atoms with Gasteiger partial charge >= 0.3 is 0 Å². The van der Waals surface area contributed by atoms with Crippen LogP contribution in [0.2, 0.25) is 0 Å². The van der Waals surface area contributed by atoms with Gasteiger partial charge in [0.1, 0.15) is 36.3 Å². The summed E-state index contributed by atoms with van der Waals surface area (Å²) in [6, 6.07) is 18.9. The Morgan fingerprint density at radius 1 is 0.712 bits per heavy atom. The number of hydrogen-bond donors (Lipinski definition) is 8. The molecule has 0 radical (unpaired) electrons. The fraction of sp³-hybridized carbons (Fsp3) is 0.460. The summed E-state index contributed by atoms with van der Waals surface area (Å²) in [5.74, 6) is -4.05. The van der Waals surface area contributed by atoms with Gasteiger partial charge in [-0.15, -0.1) is 0 Å². The molecule has 2 aliphatic heterocycles. The molecule has 3 aromatic carbocycles. The Morgan fingerprint density at radius 2 is 1.35 bits per heavy atom. The fourth-order valence-corrected chi connectivity index (χ4v) is 9.59. The van der Waals surface area contributed by atoms with Crippen molar-refractivity contribution in [2.45, 2.75) is 126 Å². The first-order chi connectivity index (χ1) is 31.9. The number of aliphatic hydroxyl groups is 1. The Bertz CT molecular complexity index is 2330. The molecule has 2 saturated heterocycles. The first kappa shape index (κ1) is 47.4. The zero-order chi connectivity index (χ0) is 46.6. The molecule has 16 nitrogen and oxygen atoms in total. The number of H-pyrrole nitrogens is 1. The first-order valence-corrected chi connectivity index (χ1v) is 23.3. The van der Waals surface area contributed by atoms with Gasteiger partial charge in [-0.1, -0.05) is 111 Å². The molecule has 0 unspecified atom stereocenters. The molecule has 1 aromatic heterocycles. The molecule has 8 N–H and O–H groups in total. The SMILES string of the molecule is CC(=O)N[C@@H](Cc1ccccc1)C(=O)N[C@H]1CCCNC(=O)[C@H](Cc2ccccc2)NC(=O)[C@H](Cc2c[nH]c3ccccc23)NC(=O)[C@@H](CC2CCCCC2)NC(=O)[C@@H]2[C@@H](O)CCN2C1=O. The Morgan fingerprint density at radius 3 is 2.06 bits per heavy atom. The lowest BCUT2D eigenvalue weighted by Crippen LogP contribution is -2.61. The smallest absolute Gasteiger partial charge is 0.246 e. The van der Waals surface area contributed by atoms with E-state index in [4.69, 9.17) is 0 Å². The highest BCUT2D eigenvalue weighted by Crippen LogP contribution is 2.29. The quantitative estimate of drug-likeness (QED) is 0.111. The molecule has 3 aliphatic rings. The largest absolute Gasteiger partial charge is 0.390 e. The van der Waals surface area contributed by atoms with Crippen molar-refractivity contribution < 1.29 is 38.7 Å². The topological polar surface area (TPSA) is 231 Å². The van der Waals surface area contributed by atoms with E-state index in [9.17, 15) is 38.7 Å². The molecule has 0 bridgehead atoms. The lowest BCUT2D eigenvalue weighted by atomic mass is 9.84. The van der Waals surface area contributed by atoms with Gasteiger partial charge in [-0.05, 0) is 54.4 Å². The molecule has 4 aromatic rings. The number of carbonyl (C=O) groups is 7. The third-order valence-corrected chi connectivity index (χ3v) is 13.1. The van der Waals surface area contributed by atoms with E-state index >= 15 is 0 Å². The van der Waals surface area contributed by atoms with E-state index in [0.717, 1.165) is 59.7 Å². The van der Waals surface area contributed by atoms with Crippen LogP contribution in [0.4, 0.5) is 0 Å². The van der Waals surface area contributed by atoms with Crippen LogP contribution in [0.25, 0.3) is 10.9 Å².